The fraction of sp³-hybridized carbons (Fsp3) is 0.364. The lowest BCUT2D eigenvalue weighted by Crippen LogP contribution is -2.53. The Morgan fingerprint density at radius 1 is 1.07 bits per heavy atom. The highest BCUT2D eigenvalue weighted by atomic mass is 16.5. The average Bonchev–Trinajstić information content (AvgIpc) is 3.20. The number of para-hydroxylation sites is 1. The summed E-state index contributed by atoms with van der Waals surface area (Å²) in [6, 6.07) is 16.7. The molecule has 2 saturated heterocycles. The average molecular weight is 396 g/mol. The van der Waals surface area contributed by atoms with E-state index in [1.54, 1.807) is 12.0 Å². The second-order valence-electron chi connectivity index (χ2n) is 7.19. The van der Waals surface area contributed by atoms with E-state index in [-0.39, 0.29) is 37.2 Å². The number of benzene rings is 2. The van der Waals surface area contributed by atoms with Crippen LogP contribution in [0.25, 0.3) is 0 Å². The van der Waals surface area contributed by atoms with Gasteiger partial charge in [-0.3, -0.25) is 9.59 Å². The molecule has 2 aromatic rings. The van der Waals surface area contributed by atoms with Crippen LogP contribution in [-0.4, -0.2) is 67.2 Å². The standard InChI is InChI=1S/C22H24N2O5/c1-27-17-9-7-16(8-10-17)11-24-19-12-23(13-20(19)29-15-22(24)26)21(25)14-28-18-5-3-2-4-6-18/h2-10,19-20H,11-15H2,1H3. The summed E-state index contributed by atoms with van der Waals surface area (Å²) in [4.78, 5) is 28.6. The third kappa shape index (κ3) is 4.35. The van der Waals surface area contributed by atoms with E-state index in [9.17, 15) is 9.59 Å². The Balaban J connectivity index is 1.39. The Morgan fingerprint density at radius 3 is 2.55 bits per heavy atom. The number of nitrogens with zero attached hydrogens (tertiary/aromatic N) is 2. The maximum Gasteiger partial charge on any atom is 0.260 e. The quantitative estimate of drug-likeness (QED) is 0.744. The van der Waals surface area contributed by atoms with E-state index in [0.717, 1.165) is 11.3 Å². The number of methoxy groups -OCH3 is 1. The van der Waals surface area contributed by atoms with Crippen molar-refractivity contribution in [2.24, 2.45) is 0 Å². The van der Waals surface area contributed by atoms with Crippen molar-refractivity contribution in [3.05, 3.63) is 60.2 Å². The maximum absolute atomic E-state index is 12.6. The van der Waals surface area contributed by atoms with Gasteiger partial charge < -0.3 is 24.0 Å². The van der Waals surface area contributed by atoms with Gasteiger partial charge in [-0.25, -0.2) is 0 Å². The summed E-state index contributed by atoms with van der Waals surface area (Å²) in [6.45, 7) is 1.41. The number of carbonyl (C=O) groups is 2. The van der Waals surface area contributed by atoms with Gasteiger partial charge in [-0.1, -0.05) is 30.3 Å². The number of amides is 2. The van der Waals surface area contributed by atoms with Crippen LogP contribution in [0.2, 0.25) is 0 Å². The molecule has 2 heterocycles. The maximum atomic E-state index is 12.6. The molecule has 0 spiro atoms. The van der Waals surface area contributed by atoms with Crippen LogP contribution < -0.4 is 9.47 Å². The molecular formula is C22H24N2O5. The predicted octanol–water partition coefficient (Wildman–Crippen LogP) is 1.71. The summed E-state index contributed by atoms with van der Waals surface area (Å²) in [7, 11) is 1.62. The smallest absolute Gasteiger partial charge is 0.260 e. The summed E-state index contributed by atoms with van der Waals surface area (Å²) < 4.78 is 16.5. The summed E-state index contributed by atoms with van der Waals surface area (Å²) in [5, 5.41) is 0. The Labute approximate surface area is 169 Å². The molecule has 2 fully saturated rings. The van der Waals surface area contributed by atoms with E-state index < -0.39 is 0 Å². The van der Waals surface area contributed by atoms with Crippen LogP contribution in [0.15, 0.2) is 54.6 Å². The largest absolute Gasteiger partial charge is 0.497 e. The molecule has 0 radical (unpaired) electrons. The normalized spacial score (nSPS) is 21.1. The van der Waals surface area contributed by atoms with Crippen molar-refractivity contribution in [3.63, 3.8) is 0 Å². The fourth-order valence-electron chi connectivity index (χ4n) is 3.76. The number of morpholine rings is 1. The molecule has 2 aliphatic heterocycles. The van der Waals surface area contributed by atoms with E-state index >= 15 is 0 Å². The molecule has 0 saturated carbocycles. The van der Waals surface area contributed by atoms with Gasteiger partial charge in [0.05, 0.1) is 19.3 Å². The third-order valence-corrected chi connectivity index (χ3v) is 5.35. The first kappa shape index (κ1) is 19.3. The van der Waals surface area contributed by atoms with E-state index in [0.29, 0.717) is 25.4 Å². The van der Waals surface area contributed by atoms with Gasteiger partial charge in [0.15, 0.2) is 6.61 Å². The Hall–Kier alpha value is -3.06. The van der Waals surface area contributed by atoms with Gasteiger partial charge in [-0.05, 0) is 29.8 Å². The molecule has 7 heteroatoms. The number of ether oxygens (including phenoxy) is 3. The van der Waals surface area contributed by atoms with E-state index in [1.807, 2.05) is 59.5 Å². The Bertz CT molecular complexity index is 855. The van der Waals surface area contributed by atoms with E-state index in [2.05, 4.69) is 0 Å². The molecule has 0 bridgehead atoms. The van der Waals surface area contributed by atoms with Crippen LogP contribution in [0.4, 0.5) is 0 Å². The fourth-order valence-corrected chi connectivity index (χ4v) is 3.76. The summed E-state index contributed by atoms with van der Waals surface area (Å²) in [5.41, 5.74) is 1.01. The van der Waals surface area contributed by atoms with Gasteiger partial charge in [0.2, 0.25) is 5.91 Å². The molecule has 2 amide bonds. The van der Waals surface area contributed by atoms with Crippen molar-refractivity contribution in [2.45, 2.75) is 18.7 Å². The predicted molar refractivity (Wildman–Crippen MR) is 106 cm³/mol. The van der Waals surface area contributed by atoms with Crippen molar-refractivity contribution >= 4 is 11.8 Å². The number of hydrogen-bond donors (Lipinski definition) is 0. The molecule has 0 aliphatic carbocycles. The number of hydrogen-bond acceptors (Lipinski definition) is 5. The highest BCUT2D eigenvalue weighted by molar-refractivity contribution is 5.80. The third-order valence-electron chi connectivity index (χ3n) is 5.35. The number of carbonyl (C=O) groups excluding carboxylic acids is 2. The zero-order valence-electron chi connectivity index (χ0n) is 16.3. The monoisotopic (exact) mass is 396 g/mol. The highest BCUT2D eigenvalue weighted by Crippen LogP contribution is 2.26. The first-order chi connectivity index (χ1) is 14.1. The first-order valence-corrected chi connectivity index (χ1v) is 9.63. The van der Waals surface area contributed by atoms with Gasteiger partial charge in [-0.2, -0.15) is 0 Å². The number of rotatable bonds is 6. The van der Waals surface area contributed by atoms with Gasteiger partial charge in [0.1, 0.15) is 18.1 Å². The second kappa shape index (κ2) is 8.53. The molecule has 4 rings (SSSR count). The lowest BCUT2D eigenvalue weighted by Gasteiger charge is -2.36. The minimum absolute atomic E-state index is 0.0319. The van der Waals surface area contributed by atoms with Crippen molar-refractivity contribution in [1.29, 1.82) is 0 Å². The molecule has 2 aliphatic rings. The molecule has 2 unspecified atom stereocenters. The summed E-state index contributed by atoms with van der Waals surface area (Å²) >= 11 is 0. The zero-order chi connectivity index (χ0) is 20.2. The molecular weight excluding hydrogens is 372 g/mol. The van der Waals surface area contributed by atoms with Crippen LogP contribution in [0.1, 0.15) is 5.56 Å². The first-order valence-electron chi connectivity index (χ1n) is 9.63. The molecule has 2 atom stereocenters. The SMILES string of the molecule is COc1ccc(CN2C(=O)COC3CN(C(=O)COc4ccccc4)CC32)cc1. The van der Waals surface area contributed by atoms with Crippen LogP contribution in [-0.2, 0) is 20.9 Å². The molecule has 29 heavy (non-hydrogen) atoms. The minimum atomic E-state index is -0.174. The van der Waals surface area contributed by atoms with E-state index in [1.165, 1.54) is 0 Å². The Morgan fingerprint density at radius 2 is 1.83 bits per heavy atom. The van der Waals surface area contributed by atoms with Crippen LogP contribution in [0.3, 0.4) is 0 Å². The van der Waals surface area contributed by atoms with Crippen molar-refractivity contribution in [3.8, 4) is 11.5 Å². The number of fused-ring (bicyclic) bond motifs is 1. The van der Waals surface area contributed by atoms with Crippen molar-refractivity contribution in [2.75, 3.05) is 33.4 Å². The lowest BCUT2D eigenvalue weighted by atomic mass is 10.1. The van der Waals surface area contributed by atoms with Gasteiger partial charge in [-0.15, -0.1) is 0 Å². The topological polar surface area (TPSA) is 68.3 Å². The van der Waals surface area contributed by atoms with Crippen LogP contribution >= 0.6 is 0 Å². The van der Waals surface area contributed by atoms with Crippen molar-refractivity contribution < 1.29 is 23.8 Å². The van der Waals surface area contributed by atoms with Gasteiger partial charge in [0.25, 0.3) is 5.91 Å². The van der Waals surface area contributed by atoms with E-state index in [4.69, 9.17) is 14.2 Å². The number of likely N-dealkylation sites (tertiary alicyclic amines) is 1. The Kier molecular flexibility index (Phi) is 5.67. The van der Waals surface area contributed by atoms with Crippen LogP contribution in [0.5, 0.6) is 11.5 Å². The summed E-state index contributed by atoms with van der Waals surface area (Å²) in [6.07, 6.45) is -0.174. The molecule has 152 valence electrons. The van der Waals surface area contributed by atoms with Gasteiger partial charge in [0, 0.05) is 19.6 Å². The zero-order valence-corrected chi connectivity index (χ0v) is 16.3. The molecule has 0 N–H and O–H groups in total. The summed E-state index contributed by atoms with van der Waals surface area (Å²) in [5.74, 6) is 1.27. The second-order valence-corrected chi connectivity index (χ2v) is 7.19. The molecule has 0 aromatic heterocycles. The highest BCUT2D eigenvalue weighted by Gasteiger charge is 2.44. The van der Waals surface area contributed by atoms with Crippen LogP contribution in [0, 0.1) is 0 Å². The lowest BCUT2D eigenvalue weighted by molar-refractivity contribution is -0.153. The minimum Gasteiger partial charge on any atom is -0.497 e. The molecule has 7 nitrogen and oxygen atoms in total. The van der Waals surface area contributed by atoms with Gasteiger partial charge >= 0.3 is 0 Å². The molecule has 2 aromatic carbocycles. The van der Waals surface area contributed by atoms with Crippen molar-refractivity contribution in [1.82, 2.24) is 9.80 Å².